The molecule has 0 atom stereocenters. The van der Waals surface area contributed by atoms with Gasteiger partial charge in [-0.3, -0.25) is 27.8 Å². The number of aryl methyl sites for hydroxylation is 2. The van der Waals surface area contributed by atoms with Crippen LogP contribution in [0.1, 0.15) is 31.8 Å². The van der Waals surface area contributed by atoms with Crippen LogP contribution in [0.5, 0.6) is 0 Å². The number of rotatable bonds is 10. The zero-order valence-corrected chi connectivity index (χ0v) is 45.9. The molecule has 64 heavy (non-hydrogen) atoms. The van der Waals surface area contributed by atoms with E-state index < -0.39 is 77.9 Å². The average Bonchev–Trinajstić information content (AvgIpc) is 3.14. The third-order valence-corrected chi connectivity index (χ3v) is 12.3. The second kappa shape index (κ2) is 22.2. The molecule has 0 aromatic heterocycles. The van der Waals surface area contributed by atoms with Crippen molar-refractivity contribution in [2.24, 2.45) is 0 Å². The minimum Gasteiger partial charge on any atom is -0.321 e. The molecule has 6 rings (SSSR count). The van der Waals surface area contributed by atoms with E-state index in [2.05, 4.69) is 21.3 Å². The molecule has 0 aliphatic carbocycles. The monoisotopic (exact) mass is 990 g/mol. The molecule has 6 aromatic rings. The summed E-state index contributed by atoms with van der Waals surface area (Å²) < 4.78 is 134. The molecule has 4 amide bonds. The van der Waals surface area contributed by atoms with Crippen LogP contribution in [-0.2, 0) is 40.5 Å². The summed E-state index contributed by atoms with van der Waals surface area (Å²) >= 11 is 0. The van der Waals surface area contributed by atoms with Gasteiger partial charge in [0, 0.05) is 152 Å². The van der Waals surface area contributed by atoms with Crippen molar-refractivity contribution >= 4 is 221 Å². The van der Waals surface area contributed by atoms with Crippen LogP contribution in [0.15, 0.2) is 117 Å². The van der Waals surface area contributed by atoms with Crippen LogP contribution in [0, 0.1) is 13.8 Å². The largest absolute Gasteiger partial charge is 0.323 e. The third kappa shape index (κ3) is 13.9. The van der Waals surface area contributed by atoms with Gasteiger partial charge in [-0.15, -0.1) is 0 Å². The number of benzene rings is 6. The molecule has 4 radical (unpaired) electrons. The van der Waals surface area contributed by atoms with E-state index >= 15 is 0 Å². The Balaban J connectivity index is 0.00000352. The van der Waals surface area contributed by atoms with E-state index in [0.717, 1.165) is 60.7 Å². The first-order valence-electron chi connectivity index (χ1n) is 16.8. The van der Waals surface area contributed by atoms with Crippen molar-refractivity contribution in [3.05, 3.63) is 119 Å². The van der Waals surface area contributed by atoms with Crippen molar-refractivity contribution in [2.75, 3.05) is 21.3 Å². The van der Waals surface area contributed by atoms with Crippen LogP contribution < -0.4 is 21.3 Å². The second-order valence-corrected chi connectivity index (χ2v) is 18.8. The van der Waals surface area contributed by atoms with Crippen molar-refractivity contribution in [1.29, 1.82) is 0 Å². The average molecular weight is 991 g/mol. The van der Waals surface area contributed by atoms with Gasteiger partial charge < -0.3 is 21.3 Å². The number of amides is 4. The maximum atomic E-state index is 13.5. The van der Waals surface area contributed by atoms with Gasteiger partial charge in [0.15, 0.2) is 0 Å². The van der Waals surface area contributed by atoms with E-state index in [4.69, 9.17) is 0 Å². The van der Waals surface area contributed by atoms with E-state index in [-0.39, 0.29) is 174 Å². The Hall–Kier alpha value is -2.31. The number of nitrogens with one attached hydrogen (secondary N) is 4. The minimum atomic E-state index is -4.80. The maximum absolute atomic E-state index is 13.5. The Labute approximate surface area is 455 Å². The van der Waals surface area contributed by atoms with Crippen molar-refractivity contribution in [2.45, 2.75) is 33.4 Å². The molecule has 0 saturated carbocycles. The molecule has 0 bridgehead atoms. The van der Waals surface area contributed by atoms with Crippen LogP contribution >= 0.6 is 0 Å². The van der Waals surface area contributed by atoms with E-state index in [1.165, 1.54) is 36.4 Å². The molecule has 19 nitrogen and oxygen atoms in total. The standard InChI is InChI=1S/C37H30N4O15S4.4Na/c1-19-3-5-23(35(42)38-33-17-27(59(51,52)53)11-21-7-9-25(15-29(21)33)57(45,46)47)13-31(19)40-37(44)41-32-14-24(6-4-20(32)2)36(43)39-34-18-28(60(54,55)56)12-22-8-10-26(16-30(22)34)58(48,49)50;;;;/h3-18H,1-2H3,(H,38,42)(H,39,43)(H2,40,41,44)(H,45,46,47)(H,48,49,50)(H,51,52,53)(H,54,55,56);;;;. The quantitative estimate of drug-likeness (QED) is 0.0704. The first-order valence-corrected chi connectivity index (χ1v) is 22.5. The smallest absolute Gasteiger partial charge is 0.321 e. The molecule has 0 fully saturated rings. The Morgan fingerprint density at radius 2 is 0.719 bits per heavy atom. The molecule has 316 valence electrons. The predicted molar refractivity (Wildman–Crippen MR) is 241 cm³/mol. The van der Waals surface area contributed by atoms with Crippen molar-refractivity contribution in [3.8, 4) is 0 Å². The van der Waals surface area contributed by atoms with E-state index in [9.17, 15) is 66.3 Å². The number of hydrogen-bond donors (Lipinski definition) is 8. The number of carbonyl (C=O) groups is 3. The zero-order valence-electron chi connectivity index (χ0n) is 34.7. The van der Waals surface area contributed by atoms with Crippen molar-refractivity contribution in [1.82, 2.24) is 0 Å². The van der Waals surface area contributed by atoms with E-state index in [0.29, 0.717) is 11.1 Å². The van der Waals surface area contributed by atoms with Crippen LogP contribution in [0.3, 0.4) is 0 Å². The van der Waals surface area contributed by atoms with Gasteiger partial charge in [0.25, 0.3) is 52.3 Å². The molecule has 6 aromatic carbocycles. The molecule has 27 heteroatoms. The fraction of sp³-hybridized carbons (Fsp3) is 0.0541. The molecule has 0 spiro atoms. The van der Waals surface area contributed by atoms with Crippen LogP contribution in [0.25, 0.3) is 21.5 Å². The minimum absolute atomic E-state index is 0. The predicted octanol–water partition coefficient (Wildman–Crippen LogP) is 4.22. The van der Waals surface area contributed by atoms with Gasteiger partial charge in [0.05, 0.1) is 31.0 Å². The molecule has 0 aliphatic rings. The normalized spacial score (nSPS) is 11.5. The topological polar surface area (TPSA) is 317 Å². The van der Waals surface area contributed by atoms with Gasteiger partial charge in [-0.2, -0.15) is 33.7 Å². The summed E-state index contributed by atoms with van der Waals surface area (Å²) in [6.45, 7) is 3.21. The molecule has 0 saturated heterocycles. The summed E-state index contributed by atoms with van der Waals surface area (Å²) in [6, 6.07) is 17.5. The Morgan fingerprint density at radius 3 is 1.03 bits per heavy atom. The van der Waals surface area contributed by atoms with Gasteiger partial charge in [0.1, 0.15) is 0 Å². The zero-order chi connectivity index (χ0) is 44.1. The Kier molecular flexibility index (Phi) is 20.1. The number of anilines is 4. The summed E-state index contributed by atoms with van der Waals surface area (Å²) in [5.41, 5.74) is 0.542. The number of urea groups is 1. The first-order chi connectivity index (χ1) is 27.8. The summed E-state index contributed by atoms with van der Waals surface area (Å²) in [5.74, 6) is -1.72. The maximum Gasteiger partial charge on any atom is 0.323 e. The second-order valence-electron chi connectivity index (χ2n) is 13.2. The van der Waals surface area contributed by atoms with Crippen LogP contribution in [0.2, 0.25) is 0 Å². The van der Waals surface area contributed by atoms with Gasteiger partial charge >= 0.3 is 6.03 Å². The van der Waals surface area contributed by atoms with E-state index in [1.807, 2.05) is 0 Å². The Morgan fingerprint density at radius 1 is 0.391 bits per heavy atom. The molecule has 0 heterocycles. The first kappa shape index (κ1) is 57.8. The summed E-state index contributed by atoms with van der Waals surface area (Å²) in [7, 11) is -19.0. The molecular formula is C37H30N4Na4O15S4. The third-order valence-electron chi connectivity index (χ3n) is 8.98. The fourth-order valence-corrected chi connectivity index (χ4v) is 8.00. The van der Waals surface area contributed by atoms with Crippen molar-refractivity contribution in [3.63, 3.8) is 0 Å². The Bertz CT molecular complexity index is 3100. The molecule has 0 unspecified atom stereocenters. The number of hydrogen-bond acceptors (Lipinski definition) is 11. The van der Waals surface area contributed by atoms with Gasteiger partial charge in [0.2, 0.25) is 0 Å². The molecule has 8 N–H and O–H groups in total. The summed E-state index contributed by atoms with van der Waals surface area (Å²) in [6.07, 6.45) is 0. The fourth-order valence-electron chi connectivity index (χ4n) is 5.91. The van der Waals surface area contributed by atoms with Crippen molar-refractivity contribution < 1.29 is 66.3 Å². The van der Waals surface area contributed by atoms with Crippen LogP contribution in [0.4, 0.5) is 27.5 Å². The molecular weight excluding hydrogens is 961 g/mol. The van der Waals surface area contributed by atoms with Gasteiger partial charge in [-0.05, 0) is 109 Å². The SMILES string of the molecule is Cc1ccc(C(=O)Nc2cc(S(=O)(=O)O)cc3ccc(S(=O)(=O)O)cc23)cc1NC(=O)Nc1cc(C(=O)Nc2cc(S(=O)(=O)O)cc3ccc(S(=O)(=O)O)cc23)ccc1C.[Na].[Na].[Na].[Na]. The van der Waals surface area contributed by atoms with Gasteiger partial charge in [-0.1, -0.05) is 24.3 Å². The number of fused-ring (bicyclic) bond motifs is 2. The number of carbonyl (C=O) groups excluding carboxylic acids is 3. The van der Waals surface area contributed by atoms with Gasteiger partial charge in [-0.25, -0.2) is 4.79 Å². The van der Waals surface area contributed by atoms with E-state index in [1.54, 1.807) is 13.8 Å². The summed E-state index contributed by atoms with van der Waals surface area (Å²) in [5, 5.41) is 10.3. The molecule has 0 aliphatic heterocycles. The summed E-state index contributed by atoms with van der Waals surface area (Å²) in [4.78, 5) is 37.9. The van der Waals surface area contributed by atoms with Crippen LogP contribution in [-0.4, -0.2) is 188 Å².